The summed E-state index contributed by atoms with van der Waals surface area (Å²) in [7, 11) is 0. The van der Waals surface area contributed by atoms with E-state index in [0.29, 0.717) is 11.3 Å². The molecule has 1 unspecified atom stereocenters. The van der Waals surface area contributed by atoms with E-state index in [9.17, 15) is 9.59 Å². The van der Waals surface area contributed by atoms with E-state index < -0.39 is 17.6 Å². The molecule has 0 saturated carbocycles. The number of benzene rings is 2. The molecule has 1 aliphatic heterocycles. The molecule has 3 rings (SSSR count). The molecule has 5 nitrogen and oxygen atoms in total. The molecule has 3 amide bonds. The molecule has 1 aliphatic rings. The van der Waals surface area contributed by atoms with Gasteiger partial charge in [-0.2, -0.15) is 0 Å². The Bertz CT molecular complexity index is 663. The van der Waals surface area contributed by atoms with Gasteiger partial charge < -0.3 is 0 Å². The first-order chi connectivity index (χ1) is 9.64. The summed E-state index contributed by atoms with van der Waals surface area (Å²) in [5, 5.41) is 2.28. The molecule has 2 aromatic rings. The number of para-hydroxylation sites is 1. The Morgan fingerprint density at radius 2 is 1.43 bits per heavy atom. The molecule has 1 radical (unpaired) electrons. The zero-order valence-corrected chi connectivity index (χ0v) is 12.4. The van der Waals surface area contributed by atoms with E-state index in [2.05, 4.69) is 5.32 Å². The maximum absolute atomic E-state index is 12.2. The molecule has 0 aromatic heterocycles. The van der Waals surface area contributed by atoms with Gasteiger partial charge in [0.1, 0.15) is 0 Å². The van der Waals surface area contributed by atoms with Gasteiger partial charge >= 0.3 is 6.03 Å². The van der Waals surface area contributed by atoms with Crippen molar-refractivity contribution in [2.75, 3.05) is 4.90 Å². The van der Waals surface area contributed by atoms with Crippen molar-refractivity contribution in [1.82, 2.24) is 5.32 Å². The number of nitrogens with one attached hydrogen (secondary N) is 1. The molecule has 6 heteroatoms. The smallest absolute Gasteiger partial charge is 0.296 e. The summed E-state index contributed by atoms with van der Waals surface area (Å²) in [6.45, 7) is 0. The van der Waals surface area contributed by atoms with Crippen LogP contribution in [0.4, 0.5) is 10.5 Å². The zero-order chi connectivity index (χ0) is 14.2. The number of carbonyl (C=O) groups excluding carboxylic acids is 2. The van der Waals surface area contributed by atoms with Gasteiger partial charge in [0.25, 0.3) is 5.91 Å². The summed E-state index contributed by atoms with van der Waals surface area (Å²) in [4.78, 5) is 25.6. The Hall–Kier alpha value is -1.92. The SMILES string of the molecule is NC1(c2ccccc2)C(=O)NC(=O)N1c1ccccc1.[Ag]. The third kappa shape index (κ3) is 2.41. The summed E-state index contributed by atoms with van der Waals surface area (Å²) in [5.41, 5.74) is 5.89. The van der Waals surface area contributed by atoms with Crippen molar-refractivity contribution in [3.8, 4) is 0 Å². The number of hydrogen-bond acceptors (Lipinski definition) is 3. The van der Waals surface area contributed by atoms with E-state index in [4.69, 9.17) is 5.73 Å². The minimum atomic E-state index is -1.53. The molecule has 21 heavy (non-hydrogen) atoms. The largest absolute Gasteiger partial charge is 0.330 e. The van der Waals surface area contributed by atoms with Crippen molar-refractivity contribution in [3.05, 3.63) is 66.2 Å². The maximum Gasteiger partial charge on any atom is 0.330 e. The van der Waals surface area contributed by atoms with Crippen molar-refractivity contribution < 1.29 is 32.0 Å². The number of anilines is 1. The normalized spacial score (nSPS) is 20.9. The van der Waals surface area contributed by atoms with Crippen LogP contribution in [0.3, 0.4) is 0 Å². The predicted octanol–water partition coefficient (Wildman–Crippen LogP) is 1.55. The fourth-order valence-electron chi connectivity index (χ4n) is 2.36. The standard InChI is InChI=1S/C15H13N3O2.Ag/c16-15(11-7-3-1-4-8-11)13(19)17-14(20)18(15)12-9-5-2-6-10-12;/h1-10H,16H2,(H,17,19,20);. The molecule has 1 saturated heterocycles. The van der Waals surface area contributed by atoms with Crippen molar-refractivity contribution in [3.63, 3.8) is 0 Å². The molecule has 0 spiro atoms. The number of amides is 3. The minimum absolute atomic E-state index is 0. The number of urea groups is 1. The number of nitrogens with two attached hydrogens (primary N) is 1. The van der Waals surface area contributed by atoms with Crippen LogP contribution >= 0.6 is 0 Å². The summed E-state index contributed by atoms with van der Waals surface area (Å²) >= 11 is 0. The predicted molar refractivity (Wildman–Crippen MR) is 74.8 cm³/mol. The molecule has 0 aliphatic carbocycles. The Morgan fingerprint density at radius 1 is 0.905 bits per heavy atom. The summed E-state index contributed by atoms with van der Waals surface area (Å²) in [6, 6.07) is 17.2. The first kappa shape index (κ1) is 15.5. The van der Waals surface area contributed by atoms with Gasteiger partial charge in [0.05, 0.1) is 0 Å². The number of hydrogen-bond donors (Lipinski definition) is 2. The maximum atomic E-state index is 12.2. The number of nitrogens with zero attached hydrogens (tertiary/aromatic N) is 1. The number of imide groups is 1. The van der Waals surface area contributed by atoms with Gasteiger partial charge in [0.15, 0.2) is 0 Å². The molecule has 111 valence electrons. The second-order valence-electron chi connectivity index (χ2n) is 4.56. The summed E-state index contributed by atoms with van der Waals surface area (Å²) < 4.78 is 0. The van der Waals surface area contributed by atoms with Crippen molar-refractivity contribution in [2.24, 2.45) is 5.73 Å². The van der Waals surface area contributed by atoms with Crippen LogP contribution in [0.15, 0.2) is 60.7 Å². The van der Waals surface area contributed by atoms with Gasteiger partial charge in [-0.1, -0.05) is 48.5 Å². The Balaban J connectivity index is 0.00000161. The van der Waals surface area contributed by atoms with Gasteiger partial charge in [-0.3, -0.25) is 20.7 Å². The first-order valence-electron chi connectivity index (χ1n) is 6.19. The monoisotopic (exact) mass is 374 g/mol. The Morgan fingerprint density at radius 3 is 2.00 bits per heavy atom. The van der Waals surface area contributed by atoms with Crippen LogP contribution < -0.4 is 16.0 Å². The molecule has 1 atom stereocenters. The number of rotatable bonds is 2. The topological polar surface area (TPSA) is 75.4 Å². The van der Waals surface area contributed by atoms with Gasteiger partial charge in [-0.25, -0.2) is 4.79 Å². The van der Waals surface area contributed by atoms with Gasteiger partial charge in [0, 0.05) is 33.6 Å². The van der Waals surface area contributed by atoms with Gasteiger partial charge in [0.2, 0.25) is 5.66 Å². The van der Waals surface area contributed by atoms with Crippen LogP contribution in [0.25, 0.3) is 0 Å². The second kappa shape index (κ2) is 5.83. The molecule has 2 aromatic carbocycles. The Kier molecular flexibility index (Phi) is 4.29. The average molecular weight is 375 g/mol. The van der Waals surface area contributed by atoms with Crippen LogP contribution in [-0.4, -0.2) is 11.9 Å². The quantitative estimate of drug-likeness (QED) is 0.618. The molecule has 0 bridgehead atoms. The third-order valence-corrected chi connectivity index (χ3v) is 3.35. The molecule has 3 N–H and O–H groups in total. The van der Waals surface area contributed by atoms with Crippen molar-refractivity contribution in [1.29, 1.82) is 0 Å². The molecule has 1 fully saturated rings. The van der Waals surface area contributed by atoms with Crippen molar-refractivity contribution >= 4 is 17.6 Å². The Labute approximate surface area is 137 Å². The summed E-state index contributed by atoms with van der Waals surface area (Å²) in [5.74, 6) is -0.530. The fraction of sp³-hybridized carbons (Fsp3) is 0.0667. The van der Waals surface area contributed by atoms with E-state index in [1.165, 1.54) is 4.90 Å². The van der Waals surface area contributed by atoms with Crippen LogP contribution in [0, 0.1) is 0 Å². The molecular formula is C15H13AgN3O2. The van der Waals surface area contributed by atoms with E-state index in [0.717, 1.165) is 0 Å². The van der Waals surface area contributed by atoms with E-state index in [1.54, 1.807) is 48.5 Å². The van der Waals surface area contributed by atoms with E-state index in [-0.39, 0.29) is 22.4 Å². The average Bonchev–Trinajstić information content (AvgIpc) is 2.72. The number of carbonyl (C=O) groups is 2. The first-order valence-corrected chi connectivity index (χ1v) is 6.19. The van der Waals surface area contributed by atoms with E-state index >= 15 is 0 Å². The fourth-order valence-corrected chi connectivity index (χ4v) is 2.36. The molecule has 1 heterocycles. The molecular weight excluding hydrogens is 362 g/mol. The minimum Gasteiger partial charge on any atom is -0.296 e. The van der Waals surface area contributed by atoms with Crippen LogP contribution in [-0.2, 0) is 32.8 Å². The van der Waals surface area contributed by atoms with Gasteiger partial charge in [-0.15, -0.1) is 0 Å². The summed E-state index contributed by atoms with van der Waals surface area (Å²) in [6.07, 6.45) is 0. The van der Waals surface area contributed by atoms with Crippen LogP contribution in [0.1, 0.15) is 5.56 Å². The second-order valence-corrected chi connectivity index (χ2v) is 4.56. The van der Waals surface area contributed by atoms with Crippen LogP contribution in [0.5, 0.6) is 0 Å². The third-order valence-electron chi connectivity index (χ3n) is 3.35. The van der Waals surface area contributed by atoms with Gasteiger partial charge in [-0.05, 0) is 12.1 Å². The van der Waals surface area contributed by atoms with Crippen LogP contribution in [0.2, 0.25) is 0 Å². The van der Waals surface area contributed by atoms with Crippen molar-refractivity contribution in [2.45, 2.75) is 5.66 Å². The van der Waals surface area contributed by atoms with E-state index in [1.807, 2.05) is 12.1 Å². The zero-order valence-electron chi connectivity index (χ0n) is 10.9.